The van der Waals surface area contributed by atoms with Crippen LogP contribution in [0.5, 0.6) is 0 Å². The van der Waals surface area contributed by atoms with Gasteiger partial charge in [0.1, 0.15) is 0 Å². The zero-order chi connectivity index (χ0) is 8.10. The number of rotatable bonds is 3. The molecule has 0 aliphatic heterocycles. The maximum absolute atomic E-state index is 2.96. The van der Waals surface area contributed by atoms with Crippen LogP contribution in [0.1, 0.15) is 5.56 Å². The van der Waals surface area contributed by atoms with Crippen LogP contribution in [0.15, 0.2) is 24.3 Å². The summed E-state index contributed by atoms with van der Waals surface area (Å²) in [6, 6.07) is 8.14. The van der Waals surface area contributed by atoms with Crippen LogP contribution in [-0.4, -0.2) is 7.05 Å². The van der Waals surface area contributed by atoms with E-state index >= 15 is 0 Å². The summed E-state index contributed by atoms with van der Waals surface area (Å²) in [7, 11) is 1.81. The van der Waals surface area contributed by atoms with E-state index in [4.69, 9.17) is 0 Å². The first-order valence-electron chi connectivity index (χ1n) is 3.57. The largest absolute Gasteiger partial charge is 0.361 e. The highest BCUT2D eigenvalue weighted by Crippen LogP contribution is 2.07. The molecule has 0 heterocycles. The fourth-order valence-corrected chi connectivity index (χ4v) is 0.772. The lowest BCUT2D eigenvalue weighted by Gasteiger charge is -2.02. The second kappa shape index (κ2) is 3.98. The van der Waals surface area contributed by atoms with E-state index in [0.717, 1.165) is 5.69 Å². The Bertz CT molecular complexity index is 203. The van der Waals surface area contributed by atoms with Crippen molar-refractivity contribution in [2.75, 3.05) is 12.4 Å². The van der Waals surface area contributed by atoms with E-state index in [9.17, 15) is 0 Å². The Balaban J connectivity index is 2.52. The lowest BCUT2D eigenvalue weighted by Crippen LogP contribution is -2.09. The van der Waals surface area contributed by atoms with E-state index in [-0.39, 0.29) is 0 Å². The minimum atomic E-state index is 1.05. The van der Waals surface area contributed by atoms with Crippen LogP contribution in [0, 0.1) is 13.6 Å². The third kappa shape index (κ3) is 2.60. The summed E-state index contributed by atoms with van der Waals surface area (Å²) < 4.78 is 0. The molecule has 1 rings (SSSR count). The van der Waals surface area contributed by atoms with E-state index in [0.29, 0.717) is 0 Å². The van der Waals surface area contributed by atoms with Gasteiger partial charge in [0.05, 0.1) is 0 Å². The molecule has 2 nitrogen and oxygen atoms in total. The van der Waals surface area contributed by atoms with Crippen LogP contribution in [-0.2, 0) is 0 Å². The van der Waals surface area contributed by atoms with Gasteiger partial charge in [-0.15, -0.1) is 0 Å². The molecule has 0 amide bonds. The Hall–Kier alpha value is -1.02. The highest BCUT2D eigenvalue weighted by atomic mass is 15.0. The monoisotopic (exact) mass is 148 g/mol. The predicted octanol–water partition coefficient (Wildman–Crippen LogP) is 1.62. The summed E-state index contributed by atoms with van der Waals surface area (Å²) >= 11 is 0. The molecule has 11 heavy (non-hydrogen) atoms. The first-order chi connectivity index (χ1) is 5.33. The van der Waals surface area contributed by atoms with Crippen molar-refractivity contribution >= 4 is 5.69 Å². The topological polar surface area (TPSA) is 24.1 Å². The third-order valence-electron chi connectivity index (χ3n) is 1.38. The Kier molecular flexibility index (Phi) is 2.93. The summed E-state index contributed by atoms with van der Waals surface area (Å²) in [4.78, 5) is 0. The molecule has 58 valence electrons. The molecule has 0 atom stereocenters. The van der Waals surface area contributed by atoms with Crippen molar-refractivity contribution in [2.24, 2.45) is 0 Å². The highest BCUT2D eigenvalue weighted by molar-refractivity contribution is 5.45. The Morgan fingerprint density at radius 3 is 2.36 bits per heavy atom. The number of aryl methyl sites for hydroxylation is 1. The third-order valence-corrected chi connectivity index (χ3v) is 1.38. The first-order valence-corrected chi connectivity index (χ1v) is 3.57. The van der Waals surface area contributed by atoms with Crippen LogP contribution in [0.3, 0.4) is 0 Å². The number of nitrogens with one attached hydrogen (secondary N) is 2. The van der Waals surface area contributed by atoms with Gasteiger partial charge in [-0.2, -0.15) is 0 Å². The van der Waals surface area contributed by atoms with Gasteiger partial charge >= 0.3 is 0 Å². The average Bonchev–Trinajstić information content (AvgIpc) is 2.04. The molecular formula is C9H12N2. The van der Waals surface area contributed by atoms with Gasteiger partial charge in [-0.25, -0.2) is 0 Å². The predicted molar refractivity (Wildman–Crippen MR) is 47.1 cm³/mol. The smallest absolute Gasteiger partial charge is 0.171 e. The molecule has 0 aliphatic carbocycles. The maximum atomic E-state index is 2.96. The van der Waals surface area contributed by atoms with Crippen LogP contribution in [0.2, 0.25) is 0 Å². The van der Waals surface area contributed by atoms with Crippen LogP contribution >= 0.6 is 0 Å². The van der Waals surface area contributed by atoms with Gasteiger partial charge in [0.25, 0.3) is 0 Å². The molecule has 2 N–H and O–H groups in total. The zero-order valence-corrected chi connectivity index (χ0v) is 6.81. The van der Waals surface area contributed by atoms with Gasteiger partial charge in [-0.3, -0.25) is 5.32 Å². The van der Waals surface area contributed by atoms with Gasteiger partial charge in [-0.1, -0.05) is 17.7 Å². The minimum Gasteiger partial charge on any atom is -0.361 e. The lowest BCUT2D eigenvalue weighted by atomic mass is 10.2. The molecule has 0 bridgehead atoms. The molecule has 0 saturated heterocycles. The summed E-state index contributed by atoms with van der Waals surface area (Å²) in [5, 5.41) is 5.73. The van der Waals surface area contributed by atoms with Crippen molar-refractivity contribution in [2.45, 2.75) is 6.92 Å². The molecule has 0 aliphatic rings. The van der Waals surface area contributed by atoms with Crippen molar-refractivity contribution in [3.05, 3.63) is 36.5 Å². The van der Waals surface area contributed by atoms with E-state index in [1.165, 1.54) is 5.56 Å². The molecule has 0 unspecified atom stereocenters. The summed E-state index contributed by atoms with van der Waals surface area (Å²) in [6.45, 7) is 4.85. The van der Waals surface area contributed by atoms with Gasteiger partial charge in [0.2, 0.25) is 0 Å². The molecule has 0 fully saturated rings. The van der Waals surface area contributed by atoms with Gasteiger partial charge < -0.3 is 5.32 Å². The fourth-order valence-electron chi connectivity index (χ4n) is 0.772. The lowest BCUT2D eigenvalue weighted by molar-refractivity contribution is 0.991. The zero-order valence-electron chi connectivity index (χ0n) is 6.81. The second-order valence-electron chi connectivity index (χ2n) is 2.37. The normalized spacial score (nSPS) is 9.64. The Labute approximate surface area is 67.6 Å². The van der Waals surface area contributed by atoms with E-state index in [2.05, 4.69) is 36.4 Å². The molecule has 1 aromatic carbocycles. The van der Waals surface area contributed by atoms with Crippen LogP contribution in [0.4, 0.5) is 5.69 Å². The van der Waals surface area contributed by atoms with Crippen molar-refractivity contribution in [1.29, 1.82) is 0 Å². The summed E-state index contributed by atoms with van der Waals surface area (Å²) in [5.74, 6) is 0. The molecule has 0 spiro atoms. The molecule has 1 aromatic rings. The average molecular weight is 148 g/mol. The van der Waals surface area contributed by atoms with Crippen molar-refractivity contribution in [3.63, 3.8) is 0 Å². The van der Waals surface area contributed by atoms with E-state index < -0.39 is 0 Å². The standard InChI is InChI=1S/C9H12N2/c1-8-3-5-9(6-4-8)11-7-10-2/h3-6,10-11H,1-2H3. The molecule has 0 saturated carbocycles. The molecule has 2 heteroatoms. The number of anilines is 1. The van der Waals surface area contributed by atoms with Crippen molar-refractivity contribution in [3.8, 4) is 0 Å². The quantitative estimate of drug-likeness (QED) is 0.636. The van der Waals surface area contributed by atoms with E-state index in [1.54, 1.807) is 7.05 Å². The van der Waals surface area contributed by atoms with Crippen LogP contribution < -0.4 is 10.6 Å². The Morgan fingerprint density at radius 1 is 1.18 bits per heavy atom. The summed E-state index contributed by atoms with van der Waals surface area (Å²) in [5.41, 5.74) is 2.31. The van der Waals surface area contributed by atoms with Gasteiger partial charge in [0, 0.05) is 5.69 Å². The van der Waals surface area contributed by atoms with Crippen molar-refractivity contribution < 1.29 is 0 Å². The van der Waals surface area contributed by atoms with Gasteiger partial charge in [0.15, 0.2) is 6.67 Å². The SMILES string of the molecule is CN[C]Nc1ccc(C)cc1. The highest BCUT2D eigenvalue weighted by Gasteiger charge is 1.88. The molecule has 0 aromatic heterocycles. The maximum Gasteiger partial charge on any atom is 0.171 e. The van der Waals surface area contributed by atoms with E-state index in [1.807, 2.05) is 12.1 Å². The van der Waals surface area contributed by atoms with Crippen LogP contribution in [0.25, 0.3) is 0 Å². The second-order valence-corrected chi connectivity index (χ2v) is 2.37. The van der Waals surface area contributed by atoms with Gasteiger partial charge in [-0.05, 0) is 26.1 Å². The summed E-state index contributed by atoms with van der Waals surface area (Å²) in [6.07, 6.45) is 0. The minimum absolute atomic E-state index is 1.05. The number of hydrogen-bond acceptors (Lipinski definition) is 2. The Morgan fingerprint density at radius 2 is 1.82 bits per heavy atom. The number of benzene rings is 1. The number of hydrogen-bond donors (Lipinski definition) is 2. The molecular weight excluding hydrogens is 136 g/mol. The fraction of sp³-hybridized carbons (Fsp3) is 0.222. The first kappa shape index (κ1) is 8.08. The van der Waals surface area contributed by atoms with Crippen molar-refractivity contribution in [1.82, 2.24) is 5.32 Å². The molecule has 2 radical (unpaired) electrons.